The van der Waals surface area contributed by atoms with Crippen molar-refractivity contribution in [1.29, 1.82) is 0 Å². The number of piperidine rings is 1. The number of nitrogens with one attached hydrogen (secondary N) is 1. The second-order valence-corrected chi connectivity index (χ2v) is 5.79. The van der Waals surface area contributed by atoms with Crippen molar-refractivity contribution in [1.82, 2.24) is 4.90 Å². The minimum atomic E-state index is -4.14. The summed E-state index contributed by atoms with van der Waals surface area (Å²) >= 11 is 3.11. The Labute approximate surface area is 123 Å². The fourth-order valence-electron chi connectivity index (χ4n) is 2.31. The van der Waals surface area contributed by atoms with Crippen LogP contribution in [0.25, 0.3) is 0 Å². The number of halogens is 5. The van der Waals surface area contributed by atoms with Crippen LogP contribution >= 0.6 is 15.9 Å². The van der Waals surface area contributed by atoms with Crippen molar-refractivity contribution in [3.8, 4) is 0 Å². The van der Waals surface area contributed by atoms with Gasteiger partial charge in [-0.1, -0.05) is 0 Å². The third-order valence-corrected chi connectivity index (χ3v) is 3.89. The summed E-state index contributed by atoms with van der Waals surface area (Å²) in [5.41, 5.74) is 0.771. The Hall–Kier alpha value is -0.820. The standard InChI is InChI=1S/C13H15BrF4N2/c14-11-7-10(1-2-12(11)15)19-9-3-5-20(6-4-9)8-13(16,17)18/h1-2,7,9,19H,3-6,8H2. The average molecular weight is 355 g/mol. The van der Waals surface area contributed by atoms with E-state index in [0.29, 0.717) is 30.4 Å². The van der Waals surface area contributed by atoms with Gasteiger partial charge in [-0.05, 0) is 47.0 Å². The summed E-state index contributed by atoms with van der Waals surface area (Å²) in [4.78, 5) is 1.42. The molecule has 1 N–H and O–H groups in total. The van der Waals surface area contributed by atoms with Gasteiger partial charge in [0, 0.05) is 24.8 Å². The van der Waals surface area contributed by atoms with Crippen molar-refractivity contribution in [2.24, 2.45) is 0 Å². The van der Waals surface area contributed by atoms with Crippen LogP contribution in [0, 0.1) is 5.82 Å². The minimum Gasteiger partial charge on any atom is -0.382 e. The van der Waals surface area contributed by atoms with E-state index >= 15 is 0 Å². The molecule has 20 heavy (non-hydrogen) atoms. The molecule has 1 heterocycles. The summed E-state index contributed by atoms with van der Waals surface area (Å²) in [5, 5.41) is 3.23. The van der Waals surface area contributed by atoms with Gasteiger partial charge in [0.15, 0.2) is 0 Å². The topological polar surface area (TPSA) is 15.3 Å². The summed E-state index contributed by atoms with van der Waals surface area (Å²) in [5.74, 6) is -0.337. The van der Waals surface area contributed by atoms with E-state index in [-0.39, 0.29) is 11.9 Å². The maximum Gasteiger partial charge on any atom is 0.401 e. The molecule has 1 aliphatic rings. The molecule has 1 fully saturated rings. The van der Waals surface area contributed by atoms with Crippen LogP contribution in [0.15, 0.2) is 22.7 Å². The van der Waals surface area contributed by atoms with Crippen LogP contribution in [0.2, 0.25) is 0 Å². The molecule has 2 nitrogen and oxygen atoms in total. The highest BCUT2D eigenvalue weighted by atomic mass is 79.9. The van der Waals surface area contributed by atoms with Crippen LogP contribution < -0.4 is 5.32 Å². The molecule has 7 heteroatoms. The molecule has 1 aromatic carbocycles. The molecule has 112 valence electrons. The number of likely N-dealkylation sites (tertiary alicyclic amines) is 1. The molecule has 0 saturated carbocycles. The van der Waals surface area contributed by atoms with Gasteiger partial charge in [-0.2, -0.15) is 13.2 Å². The van der Waals surface area contributed by atoms with Gasteiger partial charge in [0.05, 0.1) is 11.0 Å². The molecule has 0 unspecified atom stereocenters. The highest BCUT2D eigenvalue weighted by molar-refractivity contribution is 9.10. The third-order valence-electron chi connectivity index (χ3n) is 3.28. The van der Waals surface area contributed by atoms with Crippen LogP contribution in [0.3, 0.4) is 0 Å². The number of alkyl halides is 3. The maximum absolute atomic E-state index is 13.1. The van der Waals surface area contributed by atoms with Crippen molar-refractivity contribution >= 4 is 21.6 Å². The van der Waals surface area contributed by atoms with E-state index in [4.69, 9.17) is 0 Å². The van der Waals surface area contributed by atoms with E-state index in [1.165, 1.54) is 11.0 Å². The normalized spacial score (nSPS) is 18.2. The van der Waals surface area contributed by atoms with Crippen molar-refractivity contribution < 1.29 is 17.6 Å². The minimum absolute atomic E-state index is 0.122. The van der Waals surface area contributed by atoms with E-state index in [1.54, 1.807) is 12.1 Å². The van der Waals surface area contributed by atoms with Crippen LogP contribution in [0.4, 0.5) is 23.2 Å². The second-order valence-electron chi connectivity index (χ2n) is 4.94. The fourth-order valence-corrected chi connectivity index (χ4v) is 2.69. The molecule has 1 aliphatic heterocycles. The van der Waals surface area contributed by atoms with Crippen LogP contribution in [0.1, 0.15) is 12.8 Å². The Morgan fingerprint density at radius 2 is 1.90 bits per heavy atom. The average Bonchev–Trinajstić information content (AvgIpc) is 2.35. The summed E-state index contributed by atoms with van der Waals surface area (Å²) in [6.45, 7) is -0.0130. The highest BCUT2D eigenvalue weighted by Gasteiger charge is 2.32. The first kappa shape index (κ1) is 15.6. The summed E-state index contributed by atoms with van der Waals surface area (Å²) in [7, 11) is 0. The lowest BCUT2D eigenvalue weighted by molar-refractivity contribution is -0.147. The lowest BCUT2D eigenvalue weighted by atomic mass is 10.0. The van der Waals surface area contributed by atoms with Crippen molar-refractivity contribution in [2.75, 3.05) is 25.0 Å². The van der Waals surface area contributed by atoms with E-state index in [2.05, 4.69) is 21.2 Å². The molecule has 0 aromatic heterocycles. The summed E-state index contributed by atoms with van der Waals surface area (Å²) in [6, 6.07) is 4.74. The molecule has 0 spiro atoms. The van der Waals surface area contributed by atoms with Gasteiger partial charge in [0.1, 0.15) is 5.82 Å². The summed E-state index contributed by atoms with van der Waals surface area (Å²) < 4.78 is 50.3. The number of rotatable bonds is 3. The third kappa shape index (κ3) is 4.63. The van der Waals surface area contributed by atoms with E-state index in [1.807, 2.05) is 0 Å². The molecule has 0 radical (unpaired) electrons. The second kappa shape index (κ2) is 6.30. The Morgan fingerprint density at radius 3 is 2.45 bits per heavy atom. The van der Waals surface area contributed by atoms with Crippen LogP contribution in [0.5, 0.6) is 0 Å². The first-order chi connectivity index (χ1) is 9.33. The maximum atomic E-state index is 13.1. The lowest BCUT2D eigenvalue weighted by Crippen LogP contribution is -2.43. The van der Waals surface area contributed by atoms with Gasteiger partial charge >= 0.3 is 6.18 Å². The van der Waals surface area contributed by atoms with Crippen LogP contribution in [-0.4, -0.2) is 36.8 Å². The number of anilines is 1. The first-order valence-corrected chi connectivity index (χ1v) is 7.13. The van der Waals surface area contributed by atoms with E-state index in [0.717, 1.165) is 5.69 Å². The SMILES string of the molecule is Fc1ccc(NC2CCN(CC(F)(F)F)CC2)cc1Br. The zero-order valence-electron chi connectivity index (χ0n) is 10.7. The largest absolute Gasteiger partial charge is 0.401 e. The van der Waals surface area contributed by atoms with Gasteiger partial charge in [0.25, 0.3) is 0 Å². The van der Waals surface area contributed by atoms with Crippen molar-refractivity contribution in [2.45, 2.75) is 25.1 Å². The van der Waals surface area contributed by atoms with Crippen LogP contribution in [-0.2, 0) is 0 Å². The van der Waals surface area contributed by atoms with Gasteiger partial charge in [0.2, 0.25) is 0 Å². The molecule has 0 atom stereocenters. The van der Waals surface area contributed by atoms with Gasteiger partial charge in [-0.15, -0.1) is 0 Å². The molecular formula is C13H15BrF4N2. The Kier molecular flexibility index (Phi) is 4.90. The summed E-state index contributed by atoms with van der Waals surface area (Å²) in [6.07, 6.45) is -2.85. The number of hydrogen-bond donors (Lipinski definition) is 1. The monoisotopic (exact) mass is 354 g/mol. The highest BCUT2D eigenvalue weighted by Crippen LogP contribution is 2.24. The molecule has 0 aliphatic carbocycles. The molecule has 0 bridgehead atoms. The Balaban J connectivity index is 1.83. The Bertz CT molecular complexity index is 456. The first-order valence-electron chi connectivity index (χ1n) is 6.34. The zero-order chi connectivity index (χ0) is 14.8. The van der Waals surface area contributed by atoms with Gasteiger partial charge < -0.3 is 5.32 Å². The van der Waals surface area contributed by atoms with E-state index < -0.39 is 12.7 Å². The molecular weight excluding hydrogens is 340 g/mol. The zero-order valence-corrected chi connectivity index (χ0v) is 12.3. The fraction of sp³-hybridized carbons (Fsp3) is 0.538. The van der Waals surface area contributed by atoms with Gasteiger partial charge in [-0.3, -0.25) is 4.90 Å². The molecule has 0 amide bonds. The van der Waals surface area contributed by atoms with Crippen molar-refractivity contribution in [3.05, 3.63) is 28.5 Å². The quantitative estimate of drug-likeness (QED) is 0.824. The molecule has 1 aromatic rings. The predicted octanol–water partition coefficient (Wildman–Crippen LogP) is 4.03. The van der Waals surface area contributed by atoms with E-state index in [9.17, 15) is 17.6 Å². The number of benzene rings is 1. The van der Waals surface area contributed by atoms with Gasteiger partial charge in [-0.25, -0.2) is 4.39 Å². The smallest absolute Gasteiger partial charge is 0.382 e. The molecule has 2 rings (SSSR count). The molecule has 1 saturated heterocycles. The van der Waals surface area contributed by atoms with Crippen molar-refractivity contribution in [3.63, 3.8) is 0 Å². The number of nitrogens with zero attached hydrogens (tertiary/aromatic N) is 1. The predicted molar refractivity (Wildman–Crippen MR) is 73.2 cm³/mol. The lowest BCUT2D eigenvalue weighted by Gasteiger charge is -2.33. The number of hydrogen-bond acceptors (Lipinski definition) is 2. The Morgan fingerprint density at radius 1 is 1.25 bits per heavy atom.